The van der Waals surface area contributed by atoms with Crippen LogP contribution >= 0.6 is 0 Å². The maximum atomic E-state index is 13.0. The summed E-state index contributed by atoms with van der Waals surface area (Å²) in [5.74, 6) is -3.15. The van der Waals surface area contributed by atoms with Crippen molar-refractivity contribution in [1.82, 2.24) is 14.9 Å². The van der Waals surface area contributed by atoms with Crippen LogP contribution in [0.25, 0.3) is 11.0 Å². The van der Waals surface area contributed by atoms with Crippen molar-refractivity contribution in [2.24, 2.45) is 5.92 Å². The van der Waals surface area contributed by atoms with Gasteiger partial charge in [-0.1, -0.05) is 0 Å². The number of carboxylic acids is 2. The Balaban J connectivity index is 0.000000585. The molecule has 2 amide bonds. The van der Waals surface area contributed by atoms with Crippen LogP contribution in [0.1, 0.15) is 23.2 Å². The summed E-state index contributed by atoms with van der Waals surface area (Å²) in [6.07, 6.45) is 2.93. The molecule has 5 rings (SSSR count). The fraction of sp³-hybridized carbons (Fsp3) is 0.296. The number of ketones is 1. The Morgan fingerprint density at radius 3 is 2.51 bits per heavy atom. The molecule has 41 heavy (non-hydrogen) atoms. The van der Waals surface area contributed by atoms with Crippen molar-refractivity contribution in [2.75, 3.05) is 44.0 Å². The van der Waals surface area contributed by atoms with Gasteiger partial charge in [-0.15, -0.1) is 0 Å². The minimum Gasteiger partial charge on any atom is -0.482 e. The summed E-state index contributed by atoms with van der Waals surface area (Å²) >= 11 is 0. The minimum absolute atomic E-state index is 0.0229. The molecule has 0 aliphatic carbocycles. The quantitative estimate of drug-likeness (QED) is 0.249. The summed E-state index contributed by atoms with van der Waals surface area (Å²) in [5, 5.41) is 20.5. The Kier molecular flexibility index (Phi) is 9.04. The minimum atomic E-state index is -1.82. The molecule has 2 aliphatic rings. The molecule has 2 aliphatic heterocycles. The summed E-state index contributed by atoms with van der Waals surface area (Å²) in [6.45, 7) is 1.50. The number of carbonyl (C=O) groups excluding carboxylic acids is 3. The fourth-order valence-corrected chi connectivity index (χ4v) is 4.36. The molecule has 4 heterocycles. The molecule has 0 unspecified atom stereocenters. The third-order valence-corrected chi connectivity index (χ3v) is 6.47. The maximum Gasteiger partial charge on any atom is 0.414 e. The number of hydrogen-bond acceptors (Lipinski definition) is 10. The van der Waals surface area contributed by atoms with E-state index in [2.05, 4.69) is 25.5 Å². The van der Waals surface area contributed by atoms with Gasteiger partial charge in [0.1, 0.15) is 11.3 Å². The normalized spacial score (nSPS) is 14.9. The lowest BCUT2D eigenvalue weighted by atomic mass is 9.95. The Hall–Kier alpha value is -5.11. The van der Waals surface area contributed by atoms with Gasteiger partial charge in [0.2, 0.25) is 11.8 Å². The lowest BCUT2D eigenvalue weighted by Crippen LogP contribution is -2.40. The first kappa shape index (κ1) is 28.9. The number of nitrogens with one attached hydrogen (secondary N) is 2. The molecule has 0 bridgehead atoms. The number of fused-ring (bicyclic) bond motifs is 2. The van der Waals surface area contributed by atoms with Gasteiger partial charge in [0.15, 0.2) is 12.4 Å². The van der Waals surface area contributed by atoms with Gasteiger partial charge in [0, 0.05) is 23.7 Å². The van der Waals surface area contributed by atoms with Crippen LogP contribution in [0.4, 0.5) is 11.4 Å². The van der Waals surface area contributed by atoms with Crippen molar-refractivity contribution in [2.45, 2.75) is 12.8 Å². The largest absolute Gasteiger partial charge is 0.482 e. The highest BCUT2D eigenvalue weighted by molar-refractivity contribution is 6.27. The van der Waals surface area contributed by atoms with Gasteiger partial charge in [-0.2, -0.15) is 0 Å². The zero-order chi connectivity index (χ0) is 29.5. The zero-order valence-electron chi connectivity index (χ0n) is 22.0. The zero-order valence-corrected chi connectivity index (χ0v) is 22.0. The van der Waals surface area contributed by atoms with Crippen LogP contribution in [-0.2, 0) is 19.2 Å². The first-order valence-corrected chi connectivity index (χ1v) is 12.5. The number of aliphatic carboxylic acids is 2. The monoisotopic (exact) mass is 565 g/mol. The number of piperidine rings is 1. The number of rotatable bonds is 6. The number of methoxy groups -OCH3 is 1. The van der Waals surface area contributed by atoms with Crippen LogP contribution in [-0.4, -0.2) is 88.0 Å². The number of amides is 2. The highest BCUT2D eigenvalue weighted by Crippen LogP contribution is 2.29. The standard InChI is InChI=1S/C25H25N5O5.C2H2O4/c1-34-23-5-3-17-24(29-23)18(6-9-26-17)28-25(33)15-7-10-30(11-8-15)13-20(31)16-2-4-21-19(12-16)27-22(32)14-35-21;3-1(4)2(5)6/h2-6,9,12,15H,7-8,10-11,13-14H2,1H3,(H,27,32)(H,26,28,33);(H,3,4)(H,5,6). The fourth-order valence-electron chi connectivity index (χ4n) is 4.36. The summed E-state index contributed by atoms with van der Waals surface area (Å²) in [5.41, 5.74) is 2.88. The summed E-state index contributed by atoms with van der Waals surface area (Å²) in [7, 11) is 1.54. The number of hydrogen-bond donors (Lipinski definition) is 4. The molecule has 1 aromatic carbocycles. The van der Waals surface area contributed by atoms with E-state index in [-0.39, 0.29) is 36.7 Å². The number of benzene rings is 1. The van der Waals surface area contributed by atoms with Gasteiger partial charge in [-0.25, -0.2) is 14.6 Å². The number of pyridine rings is 2. The first-order chi connectivity index (χ1) is 19.6. The molecule has 0 radical (unpaired) electrons. The molecule has 3 aromatic rings. The topological polar surface area (TPSA) is 197 Å². The second-order valence-corrected chi connectivity index (χ2v) is 9.20. The summed E-state index contributed by atoms with van der Waals surface area (Å²) in [4.78, 5) is 66.3. The van der Waals surface area contributed by atoms with Gasteiger partial charge in [-0.3, -0.25) is 24.3 Å². The molecule has 4 N–H and O–H groups in total. The predicted octanol–water partition coefficient (Wildman–Crippen LogP) is 1.66. The van der Waals surface area contributed by atoms with Gasteiger partial charge >= 0.3 is 11.9 Å². The molecule has 0 saturated carbocycles. The number of aromatic nitrogens is 2. The van der Waals surface area contributed by atoms with Crippen LogP contribution in [0.3, 0.4) is 0 Å². The molecule has 2 aromatic heterocycles. The Morgan fingerprint density at radius 2 is 1.83 bits per heavy atom. The van der Waals surface area contributed by atoms with Crippen molar-refractivity contribution < 1.29 is 43.7 Å². The Morgan fingerprint density at radius 1 is 1.10 bits per heavy atom. The van der Waals surface area contributed by atoms with Crippen molar-refractivity contribution in [3.63, 3.8) is 0 Å². The van der Waals surface area contributed by atoms with E-state index in [9.17, 15) is 14.4 Å². The van der Waals surface area contributed by atoms with E-state index in [1.807, 2.05) is 0 Å². The average molecular weight is 566 g/mol. The number of nitrogens with zero attached hydrogens (tertiary/aromatic N) is 3. The average Bonchev–Trinajstić information content (AvgIpc) is 2.97. The molecular weight excluding hydrogens is 538 g/mol. The third kappa shape index (κ3) is 7.30. The lowest BCUT2D eigenvalue weighted by molar-refractivity contribution is -0.159. The Labute approximate surface area is 233 Å². The van der Waals surface area contributed by atoms with E-state index in [0.29, 0.717) is 65.5 Å². The molecular formula is C27H27N5O9. The van der Waals surface area contributed by atoms with E-state index in [4.69, 9.17) is 29.3 Å². The highest BCUT2D eigenvalue weighted by atomic mass is 16.5. The number of Topliss-reactive ketones (excluding diaryl/α,β-unsaturated/α-hetero) is 1. The van der Waals surface area contributed by atoms with Gasteiger partial charge in [0.25, 0.3) is 5.91 Å². The van der Waals surface area contributed by atoms with Crippen LogP contribution < -0.4 is 20.1 Å². The van der Waals surface area contributed by atoms with Crippen LogP contribution in [0.5, 0.6) is 11.6 Å². The van der Waals surface area contributed by atoms with Crippen molar-refractivity contribution in [1.29, 1.82) is 0 Å². The van der Waals surface area contributed by atoms with Crippen LogP contribution in [0.15, 0.2) is 42.6 Å². The number of anilines is 2. The SMILES string of the molecule is COc1ccc2nccc(NC(=O)C3CCN(CC(=O)c4ccc5c(c4)NC(=O)CO5)CC3)c2n1.O=C(O)C(=O)O. The summed E-state index contributed by atoms with van der Waals surface area (Å²) < 4.78 is 10.5. The van der Waals surface area contributed by atoms with Crippen molar-refractivity contribution in [3.05, 3.63) is 48.2 Å². The van der Waals surface area contributed by atoms with Crippen molar-refractivity contribution >= 4 is 51.9 Å². The van der Waals surface area contributed by atoms with E-state index in [1.54, 1.807) is 49.7 Å². The van der Waals surface area contributed by atoms with E-state index in [1.165, 1.54) is 0 Å². The smallest absolute Gasteiger partial charge is 0.414 e. The molecule has 1 fully saturated rings. The molecule has 1 saturated heterocycles. The Bertz CT molecular complexity index is 1490. The number of ether oxygens (including phenoxy) is 2. The van der Waals surface area contributed by atoms with Crippen LogP contribution in [0, 0.1) is 5.92 Å². The molecule has 14 nitrogen and oxygen atoms in total. The maximum absolute atomic E-state index is 13.0. The second kappa shape index (κ2) is 12.8. The predicted molar refractivity (Wildman–Crippen MR) is 144 cm³/mol. The second-order valence-electron chi connectivity index (χ2n) is 9.20. The summed E-state index contributed by atoms with van der Waals surface area (Å²) in [6, 6.07) is 10.3. The van der Waals surface area contributed by atoms with Crippen molar-refractivity contribution in [3.8, 4) is 11.6 Å². The molecule has 0 atom stereocenters. The number of likely N-dealkylation sites (tertiary alicyclic amines) is 1. The highest BCUT2D eigenvalue weighted by Gasteiger charge is 2.27. The van der Waals surface area contributed by atoms with Gasteiger partial charge in [-0.05, 0) is 56.3 Å². The number of carboxylic acid groups (broad SMARTS) is 2. The van der Waals surface area contributed by atoms with Gasteiger partial charge in [0.05, 0.1) is 30.5 Å². The van der Waals surface area contributed by atoms with E-state index in [0.717, 1.165) is 0 Å². The number of carbonyl (C=O) groups is 5. The molecule has 0 spiro atoms. The van der Waals surface area contributed by atoms with E-state index < -0.39 is 11.9 Å². The molecule has 214 valence electrons. The third-order valence-electron chi connectivity index (χ3n) is 6.47. The lowest BCUT2D eigenvalue weighted by Gasteiger charge is -2.30. The first-order valence-electron chi connectivity index (χ1n) is 12.5. The van der Waals surface area contributed by atoms with Crippen LogP contribution in [0.2, 0.25) is 0 Å². The van der Waals surface area contributed by atoms with Gasteiger partial charge < -0.3 is 30.3 Å². The molecule has 14 heteroatoms. The van der Waals surface area contributed by atoms with E-state index >= 15 is 0 Å².